The molecule has 24 heavy (non-hydrogen) atoms. The number of phenols is 1. The van der Waals surface area contributed by atoms with Gasteiger partial charge in [0.1, 0.15) is 11.6 Å². The molecule has 7 nitrogen and oxygen atoms in total. The van der Waals surface area contributed by atoms with E-state index in [0.717, 1.165) is 5.56 Å². The smallest absolute Gasteiger partial charge is 0.270 e. The lowest BCUT2D eigenvalue weighted by atomic mass is 10.2. The predicted molar refractivity (Wildman–Crippen MR) is 91.3 cm³/mol. The summed E-state index contributed by atoms with van der Waals surface area (Å²) in [6.07, 6.45) is 1.22. The molecule has 0 radical (unpaired) electrons. The first-order chi connectivity index (χ1) is 11.5. The number of nitrogens with zero attached hydrogens (tertiary/aromatic N) is 2. The summed E-state index contributed by atoms with van der Waals surface area (Å²) >= 11 is 5.01. The van der Waals surface area contributed by atoms with Gasteiger partial charge in [-0.25, -0.2) is 4.39 Å². The molecule has 0 aromatic heterocycles. The van der Waals surface area contributed by atoms with Crippen LogP contribution in [-0.4, -0.2) is 21.4 Å². The molecule has 0 amide bonds. The Labute approximate surface area is 142 Å². The lowest BCUT2D eigenvalue weighted by Gasteiger charge is -2.07. The van der Waals surface area contributed by atoms with Crippen molar-refractivity contribution in [2.24, 2.45) is 5.10 Å². The number of thiocarbonyl (C=S) groups is 1. The van der Waals surface area contributed by atoms with Crippen molar-refractivity contribution in [2.75, 3.05) is 0 Å². The number of hydrogen-bond donors (Lipinski definition) is 3. The third-order valence-corrected chi connectivity index (χ3v) is 3.19. The molecule has 124 valence electrons. The molecule has 0 saturated heterocycles. The highest BCUT2D eigenvalue weighted by molar-refractivity contribution is 7.80. The maximum Gasteiger partial charge on any atom is 0.270 e. The van der Waals surface area contributed by atoms with E-state index in [9.17, 15) is 19.6 Å². The minimum absolute atomic E-state index is 0.142. The van der Waals surface area contributed by atoms with E-state index in [4.69, 9.17) is 12.2 Å². The van der Waals surface area contributed by atoms with E-state index in [1.54, 1.807) is 12.1 Å². The molecule has 0 spiro atoms. The van der Waals surface area contributed by atoms with Gasteiger partial charge in [0, 0.05) is 24.2 Å². The maximum absolute atomic E-state index is 12.8. The van der Waals surface area contributed by atoms with Crippen LogP contribution in [0.2, 0.25) is 0 Å². The first kappa shape index (κ1) is 17.3. The van der Waals surface area contributed by atoms with Gasteiger partial charge in [-0.2, -0.15) is 5.10 Å². The molecule has 2 aromatic carbocycles. The zero-order valence-electron chi connectivity index (χ0n) is 12.3. The van der Waals surface area contributed by atoms with Crippen molar-refractivity contribution >= 4 is 29.2 Å². The number of rotatable bonds is 5. The minimum atomic E-state index is -0.570. The van der Waals surface area contributed by atoms with Gasteiger partial charge in [0.15, 0.2) is 5.11 Å². The number of nitro groups is 1. The van der Waals surface area contributed by atoms with Gasteiger partial charge in [0.05, 0.1) is 11.1 Å². The van der Waals surface area contributed by atoms with Crippen LogP contribution in [0.25, 0.3) is 0 Å². The van der Waals surface area contributed by atoms with Gasteiger partial charge >= 0.3 is 0 Å². The Morgan fingerprint density at radius 3 is 2.71 bits per heavy atom. The number of benzene rings is 2. The Kier molecular flexibility index (Phi) is 5.74. The molecular weight excluding hydrogens is 335 g/mol. The van der Waals surface area contributed by atoms with Gasteiger partial charge in [-0.3, -0.25) is 15.5 Å². The van der Waals surface area contributed by atoms with Crippen molar-refractivity contribution in [3.63, 3.8) is 0 Å². The zero-order valence-corrected chi connectivity index (χ0v) is 13.1. The van der Waals surface area contributed by atoms with Crippen molar-refractivity contribution in [3.8, 4) is 5.75 Å². The van der Waals surface area contributed by atoms with Gasteiger partial charge in [-0.1, -0.05) is 12.1 Å². The monoisotopic (exact) mass is 348 g/mol. The molecule has 0 bridgehead atoms. The third-order valence-electron chi connectivity index (χ3n) is 2.96. The molecule has 0 aliphatic carbocycles. The normalized spacial score (nSPS) is 10.5. The number of non-ortho nitro benzene ring substituents is 1. The second-order valence-corrected chi connectivity index (χ2v) is 5.09. The van der Waals surface area contributed by atoms with E-state index >= 15 is 0 Å². The summed E-state index contributed by atoms with van der Waals surface area (Å²) in [7, 11) is 0. The number of nitro benzene ring substituents is 1. The molecule has 0 saturated carbocycles. The Morgan fingerprint density at radius 2 is 2.04 bits per heavy atom. The fourth-order valence-corrected chi connectivity index (χ4v) is 1.87. The van der Waals surface area contributed by atoms with Crippen LogP contribution in [0, 0.1) is 15.9 Å². The maximum atomic E-state index is 12.8. The first-order valence-electron chi connectivity index (χ1n) is 6.74. The number of aromatic hydroxyl groups is 1. The molecular formula is C15H13FN4O3S. The summed E-state index contributed by atoms with van der Waals surface area (Å²) in [6, 6.07) is 9.52. The summed E-state index contributed by atoms with van der Waals surface area (Å²) in [4.78, 5) is 10.1. The second kappa shape index (κ2) is 7.97. The molecule has 0 aliphatic rings. The van der Waals surface area contributed by atoms with Crippen LogP contribution in [-0.2, 0) is 6.54 Å². The van der Waals surface area contributed by atoms with E-state index in [1.165, 1.54) is 36.5 Å². The summed E-state index contributed by atoms with van der Waals surface area (Å²) in [5, 5.41) is 27.2. The van der Waals surface area contributed by atoms with Gasteiger partial charge in [-0.05, 0) is 36.0 Å². The molecule has 2 aromatic rings. The average molecular weight is 348 g/mol. The minimum Gasteiger partial charge on any atom is -0.507 e. The van der Waals surface area contributed by atoms with Crippen LogP contribution in [0.4, 0.5) is 10.1 Å². The van der Waals surface area contributed by atoms with Crippen molar-refractivity contribution in [2.45, 2.75) is 6.54 Å². The molecule has 2 rings (SSSR count). The topological polar surface area (TPSA) is 99.8 Å². The van der Waals surface area contributed by atoms with Crippen LogP contribution >= 0.6 is 12.2 Å². The fourth-order valence-electron chi connectivity index (χ4n) is 1.74. The van der Waals surface area contributed by atoms with Crippen LogP contribution in [0.15, 0.2) is 47.6 Å². The molecule has 9 heteroatoms. The van der Waals surface area contributed by atoms with Crippen molar-refractivity contribution in [1.82, 2.24) is 10.7 Å². The molecule has 0 aliphatic heterocycles. The highest BCUT2D eigenvalue weighted by Crippen LogP contribution is 2.21. The third kappa shape index (κ3) is 4.99. The summed E-state index contributed by atoms with van der Waals surface area (Å²) < 4.78 is 12.8. The largest absolute Gasteiger partial charge is 0.507 e. The summed E-state index contributed by atoms with van der Waals surface area (Å²) in [5.74, 6) is -0.461. The lowest BCUT2D eigenvalue weighted by Crippen LogP contribution is -2.31. The number of halogens is 1. The highest BCUT2D eigenvalue weighted by atomic mass is 32.1. The number of hydrazone groups is 1. The SMILES string of the molecule is O=[N+]([O-])c1ccc(O)c(/C=N/NC(=S)NCc2ccc(F)cc2)c1. The van der Waals surface area contributed by atoms with Crippen LogP contribution in [0.1, 0.15) is 11.1 Å². The quantitative estimate of drug-likeness (QED) is 0.332. The predicted octanol–water partition coefficient (Wildman–Crippen LogP) is 2.44. The standard InChI is InChI=1S/C15H13FN4O3S/c16-12-3-1-10(2-4-12)8-17-15(24)19-18-9-11-7-13(20(22)23)5-6-14(11)21/h1-7,9,21H,8H2,(H2,17,19,24)/b18-9+. The zero-order chi connectivity index (χ0) is 17.5. The Bertz CT molecular complexity index is 781. The van der Waals surface area contributed by atoms with E-state index in [0.29, 0.717) is 6.54 Å². The van der Waals surface area contributed by atoms with Crippen molar-refractivity contribution < 1.29 is 14.4 Å². The van der Waals surface area contributed by atoms with Crippen LogP contribution < -0.4 is 10.7 Å². The fraction of sp³-hybridized carbons (Fsp3) is 0.0667. The Balaban J connectivity index is 1.89. The van der Waals surface area contributed by atoms with Crippen LogP contribution in [0.3, 0.4) is 0 Å². The highest BCUT2D eigenvalue weighted by Gasteiger charge is 2.08. The number of phenolic OH excluding ortho intramolecular Hbond substituents is 1. The first-order valence-corrected chi connectivity index (χ1v) is 7.15. The molecule has 0 heterocycles. The summed E-state index contributed by atoms with van der Waals surface area (Å²) in [6.45, 7) is 0.379. The number of nitrogens with one attached hydrogen (secondary N) is 2. The lowest BCUT2D eigenvalue weighted by molar-refractivity contribution is -0.384. The molecule has 0 atom stereocenters. The van der Waals surface area contributed by atoms with Crippen LogP contribution in [0.5, 0.6) is 5.75 Å². The van der Waals surface area contributed by atoms with Gasteiger partial charge < -0.3 is 10.4 Å². The van der Waals surface area contributed by atoms with E-state index in [-0.39, 0.29) is 27.9 Å². The molecule has 3 N–H and O–H groups in total. The van der Waals surface area contributed by atoms with Gasteiger partial charge in [0.2, 0.25) is 0 Å². The van der Waals surface area contributed by atoms with E-state index < -0.39 is 4.92 Å². The van der Waals surface area contributed by atoms with Crippen molar-refractivity contribution in [1.29, 1.82) is 0 Å². The molecule has 0 unspecified atom stereocenters. The van der Waals surface area contributed by atoms with Gasteiger partial charge in [-0.15, -0.1) is 0 Å². The Hall–Kier alpha value is -3.07. The second-order valence-electron chi connectivity index (χ2n) is 4.68. The Morgan fingerprint density at radius 1 is 1.33 bits per heavy atom. The number of hydrogen-bond acceptors (Lipinski definition) is 5. The molecule has 0 fully saturated rings. The van der Waals surface area contributed by atoms with Gasteiger partial charge in [0.25, 0.3) is 5.69 Å². The van der Waals surface area contributed by atoms with E-state index in [2.05, 4.69) is 15.8 Å². The van der Waals surface area contributed by atoms with E-state index in [1.807, 2.05) is 0 Å². The van der Waals surface area contributed by atoms with Crippen molar-refractivity contribution in [3.05, 3.63) is 69.5 Å². The average Bonchev–Trinajstić information content (AvgIpc) is 2.56. The summed E-state index contributed by atoms with van der Waals surface area (Å²) in [5.41, 5.74) is 3.38.